The van der Waals surface area contributed by atoms with Crippen LogP contribution in [0.15, 0.2) is 48.5 Å². The van der Waals surface area contributed by atoms with Crippen LogP contribution in [0, 0.1) is 11.8 Å². The molecule has 0 unspecified atom stereocenters. The summed E-state index contributed by atoms with van der Waals surface area (Å²) in [6, 6.07) is 14.2. The molecule has 0 spiro atoms. The summed E-state index contributed by atoms with van der Waals surface area (Å²) in [7, 11) is 0. The van der Waals surface area contributed by atoms with Gasteiger partial charge in [0.1, 0.15) is 0 Å². The Morgan fingerprint density at radius 1 is 1.03 bits per heavy atom. The minimum absolute atomic E-state index is 0.159. The lowest BCUT2D eigenvalue weighted by molar-refractivity contribution is -0.119. The molecule has 2 N–H and O–H groups in total. The van der Waals surface area contributed by atoms with E-state index in [1.165, 1.54) is 6.92 Å². The SMILES string of the molecule is CC(=O)Nc1ccc(C(=O)NCC#Cc2ccc(N3CCCCC3=O)cc2)cc1. The van der Waals surface area contributed by atoms with Crippen molar-refractivity contribution in [2.75, 3.05) is 23.3 Å². The monoisotopic (exact) mass is 389 g/mol. The minimum atomic E-state index is -0.229. The molecule has 0 bridgehead atoms. The Bertz CT molecular complexity index is 954. The van der Waals surface area contributed by atoms with Crippen molar-refractivity contribution >= 4 is 29.1 Å². The van der Waals surface area contributed by atoms with Crippen molar-refractivity contribution in [3.63, 3.8) is 0 Å². The predicted molar refractivity (Wildman–Crippen MR) is 113 cm³/mol. The van der Waals surface area contributed by atoms with Crippen LogP contribution in [0.3, 0.4) is 0 Å². The van der Waals surface area contributed by atoms with Gasteiger partial charge in [0.15, 0.2) is 0 Å². The number of carbonyl (C=O) groups excluding carboxylic acids is 3. The van der Waals surface area contributed by atoms with Crippen molar-refractivity contribution in [3.8, 4) is 11.8 Å². The van der Waals surface area contributed by atoms with Gasteiger partial charge in [0.05, 0.1) is 6.54 Å². The molecular formula is C23H23N3O3. The van der Waals surface area contributed by atoms with Crippen molar-refractivity contribution in [1.29, 1.82) is 0 Å². The van der Waals surface area contributed by atoms with Crippen molar-refractivity contribution < 1.29 is 14.4 Å². The third-order valence-electron chi connectivity index (χ3n) is 4.54. The largest absolute Gasteiger partial charge is 0.341 e. The van der Waals surface area contributed by atoms with Gasteiger partial charge in [-0.1, -0.05) is 11.8 Å². The predicted octanol–water partition coefficient (Wildman–Crippen LogP) is 2.94. The quantitative estimate of drug-likeness (QED) is 0.789. The van der Waals surface area contributed by atoms with E-state index in [4.69, 9.17) is 0 Å². The maximum absolute atomic E-state index is 12.1. The summed E-state index contributed by atoms with van der Waals surface area (Å²) in [5.41, 5.74) is 2.86. The highest BCUT2D eigenvalue weighted by atomic mass is 16.2. The van der Waals surface area contributed by atoms with Gasteiger partial charge in [-0.2, -0.15) is 0 Å². The van der Waals surface area contributed by atoms with Crippen molar-refractivity contribution in [3.05, 3.63) is 59.7 Å². The van der Waals surface area contributed by atoms with E-state index in [1.54, 1.807) is 24.3 Å². The van der Waals surface area contributed by atoms with E-state index < -0.39 is 0 Å². The van der Waals surface area contributed by atoms with Crippen molar-refractivity contribution in [2.45, 2.75) is 26.2 Å². The second-order valence-electron chi connectivity index (χ2n) is 6.79. The van der Waals surface area contributed by atoms with E-state index in [1.807, 2.05) is 29.2 Å². The van der Waals surface area contributed by atoms with E-state index in [0.717, 1.165) is 30.6 Å². The molecule has 1 fully saturated rings. The van der Waals surface area contributed by atoms with Gasteiger partial charge in [0.2, 0.25) is 11.8 Å². The number of nitrogens with one attached hydrogen (secondary N) is 2. The first kappa shape index (κ1) is 20.2. The average molecular weight is 389 g/mol. The molecule has 1 heterocycles. The molecule has 2 aromatic rings. The maximum atomic E-state index is 12.1. The lowest BCUT2D eigenvalue weighted by Crippen LogP contribution is -2.35. The van der Waals surface area contributed by atoms with Crippen LogP contribution < -0.4 is 15.5 Å². The molecule has 1 aliphatic heterocycles. The third-order valence-corrected chi connectivity index (χ3v) is 4.54. The highest BCUT2D eigenvalue weighted by molar-refractivity contribution is 5.95. The summed E-state index contributed by atoms with van der Waals surface area (Å²) >= 11 is 0. The molecule has 0 aromatic heterocycles. The molecular weight excluding hydrogens is 366 g/mol. The van der Waals surface area contributed by atoms with Gasteiger partial charge < -0.3 is 15.5 Å². The second kappa shape index (κ2) is 9.56. The Morgan fingerprint density at radius 3 is 2.41 bits per heavy atom. The second-order valence-corrected chi connectivity index (χ2v) is 6.79. The van der Waals surface area contributed by atoms with Crippen LogP contribution in [0.4, 0.5) is 11.4 Å². The molecule has 29 heavy (non-hydrogen) atoms. The molecule has 148 valence electrons. The Kier molecular flexibility index (Phi) is 6.64. The fraction of sp³-hybridized carbons (Fsp3) is 0.261. The molecule has 2 aromatic carbocycles. The van der Waals surface area contributed by atoms with Gasteiger partial charge >= 0.3 is 0 Å². The van der Waals surface area contributed by atoms with Gasteiger partial charge in [-0.25, -0.2) is 0 Å². The normalized spacial score (nSPS) is 13.3. The highest BCUT2D eigenvalue weighted by Crippen LogP contribution is 2.21. The van der Waals surface area contributed by atoms with Crippen LogP contribution in [-0.4, -0.2) is 30.8 Å². The average Bonchev–Trinajstić information content (AvgIpc) is 2.72. The highest BCUT2D eigenvalue weighted by Gasteiger charge is 2.19. The van der Waals surface area contributed by atoms with Crippen molar-refractivity contribution in [1.82, 2.24) is 5.32 Å². The van der Waals surface area contributed by atoms with Gasteiger partial charge in [0.25, 0.3) is 5.91 Å². The number of piperidine rings is 1. The molecule has 0 aliphatic carbocycles. The summed E-state index contributed by atoms with van der Waals surface area (Å²) in [6.07, 6.45) is 2.60. The van der Waals surface area contributed by atoms with E-state index in [-0.39, 0.29) is 24.3 Å². The number of rotatable bonds is 4. The number of nitrogens with zero attached hydrogens (tertiary/aromatic N) is 1. The summed E-state index contributed by atoms with van der Waals surface area (Å²) in [5, 5.41) is 5.40. The van der Waals surface area contributed by atoms with Crippen LogP contribution in [0.5, 0.6) is 0 Å². The molecule has 0 atom stereocenters. The lowest BCUT2D eigenvalue weighted by Gasteiger charge is -2.26. The van der Waals surface area contributed by atoms with E-state index >= 15 is 0 Å². The van der Waals surface area contributed by atoms with Gasteiger partial charge in [-0.3, -0.25) is 14.4 Å². The number of anilines is 2. The number of hydrogen-bond donors (Lipinski definition) is 2. The van der Waals surface area contributed by atoms with Gasteiger partial charge in [-0.15, -0.1) is 0 Å². The van der Waals surface area contributed by atoms with Gasteiger partial charge in [0, 0.05) is 42.4 Å². The summed E-state index contributed by atoms with van der Waals surface area (Å²) < 4.78 is 0. The number of benzene rings is 2. The zero-order valence-electron chi connectivity index (χ0n) is 16.3. The first-order chi connectivity index (χ1) is 14.0. The molecule has 3 amide bonds. The van der Waals surface area contributed by atoms with Crippen LogP contribution in [-0.2, 0) is 9.59 Å². The summed E-state index contributed by atoms with van der Waals surface area (Å²) in [5.74, 6) is 5.72. The molecule has 3 rings (SSSR count). The zero-order valence-corrected chi connectivity index (χ0v) is 16.3. The molecule has 0 saturated carbocycles. The first-order valence-corrected chi connectivity index (χ1v) is 9.58. The molecule has 6 nitrogen and oxygen atoms in total. The maximum Gasteiger partial charge on any atom is 0.252 e. The first-order valence-electron chi connectivity index (χ1n) is 9.58. The van der Waals surface area contributed by atoms with Crippen LogP contribution in [0.25, 0.3) is 0 Å². The Labute approximate surface area is 170 Å². The third kappa shape index (κ3) is 5.69. The lowest BCUT2D eigenvalue weighted by atomic mass is 10.1. The topological polar surface area (TPSA) is 78.5 Å². The Balaban J connectivity index is 1.51. The van der Waals surface area contributed by atoms with E-state index in [0.29, 0.717) is 17.7 Å². The standard InChI is InChI=1S/C23H23N3O3/c1-17(27)25-20-11-9-19(10-12-20)23(29)24-15-4-5-18-7-13-21(14-8-18)26-16-3-2-6-22(26)28/h7-14H,2-3,6,15-16H2,1H3,(H,24,29)(H,25,27). The Morgan fingerprint density at radius 2 is 1.76 bits per heavy atom. The van der Waals surface area contributed by atoms with Crippen LogP contribution in [0.1, 0.15) is 42.1 Å². The van der Waals surface area contributed by atoms with E-state index in [2.05, 4.69) is 22.5 Å². The number of carbonyl (C=O) groups is 3. The molecule has 6 heteroatoms. The molecule has 0 radical (unpaired) electrons. The summed E-state index contributed by atoms with van der Waals surface area (Å²) in [6.45, 7) is 2.42. The minimum Gasteiger partial charge on any atom is -0.341 e. The Hall–Kier alpha value is -3.59. The van der Waals surface area contributed by atoms with E-state index in [9.17, 15) is 14.4 Å². The number of hydrogen-bond acceptors (Lipinski definition) is 3. The smallest absolute Gasteiger partial charge is 0.252 e. The van der Waals surface area contributed by atoms with Crippen molar-refractivity contribution in [2.24, 2.45) is 0 Å². The zero-order chi connectivity index (χ0) is 20.6. The fourth-order valence-electron chi connectivity index (χ4n) is 3.08. The van der Waals surface area contributed by atoms with Gasteiger partial charge in [-0.05, 0) is 61.4 Å². The number of amides is 3. The molecule has 1 saturated heterocycles. The van der Waals surface area contributed by atoms with Crippen LogP contribution in [0.2, 0.25) is 0 Å². The summed E-state index contributed by atoms with van der Waals surface area (Å²) in [4.78, 5) is 36.9. The molecule has 1 aliphatic rings. The van der Waals surface area contributed by atoms with Crippen LogP contribution >= 0.6 is 0 Å². The fourth-order valence-corrected chi connectivity index (χ4v) is 3.08.